The summed E-state index contributed by atoms with van der Waals surface area (Å²) in [4.78, 5) is 0. The Balaban J connectivity index is 2.04. The van der Waals surface area contributed by atoms with Crippen molar-refractivity contribution in [2.24, 2.45) is 5.14 Å². The highest BCUT2D eigenvalue weighted by atomic mass is 32.2. The molecule has 0 bridgehead atoms. The molecule has 6 nitrogen and oxygen atoms in total. The standard InChI is InChI=1S/C13H21N3O3S/c1-13(2)9-12(6-7-19-13)15-10-4-3-5-11(8-10)16-20(14,17)18/h3-5,8,12,15-16H,6-7,9H2,1-2H3,(H2,14,17,18). The third-order valence-corrected chi connectivity index (χ3v) is 3.71. The van der Waals surface area contributed by atoms with Crippen LogP contribution >= 0.6 is 0 Å². The minimum Gasteiger partial charge on any atom is -0.382 e. The molecular formula is C13H21N3O3S. The van der Waals surface area contributed by atoms with E-state index in [2.05, 4.69) is 23.9 Å². The molecular weight excluding hydrogens is 278 g/mol. The van der Waals surface area contributed by atoms with Crippen LogP contribution in [0.5, 0.6) is 0 Å². The van der Waals surface area contributed by atoms with E-state index in [1.807, 2.05) is 6.07 Å². The Morgan fingerprint density at radius 1 is 1.35 bits per heavy atom. The minimum atomic E-state index is -3.74. The van der Waals surface area contributed by atoms with Crippen molar-refractivity contribution in [1.82, 2.24) is 0 Å². The van der Waals surface area contributed by atoms with Crippen molar-refractivity contribution in [2.75, 3.05) is 16.6 Å². The summed E-state index contributed by atoms with van der Waals surface area (Å²) in [6, 6.07) is 7.37. The average Bonchev–Trinajstić information content (AvgIpc) is 2.25. The van der Waals surface area contributed by atoms with Gasteiger partial charge < -0.3 is 10.1 Å². The lowest BCUT2D eigenvalue weighted by Crippen LogP contribution is -2.40. The Labute approximate surface area is 119 Å². The van der Waals surface area contributed by atoms with Crippen LogP contribution in [-0.2, 0) is 14.9 Å². The first kappa shape index (κ1) is 15.1. The van der Waals surface area contributed by atoms with Crippen LogP contribution in [0.25, 0.3) is 0 Å². The summed E-state index contributed by atoms with van der Waals surface area (Å²) in [5.74, 6) is 0. The fourth-order valence-electron chi connectivity index (χ4n) is 2.43. The van der Waals surface area contributed by atoms with Crippen LogP contribution in [0.1, 0.15) is 26.7 Å². The first-order chi connectivity index (χ1) is 9.23. The lowest BCUT2D eigenvalue weighted by molar-refractivity contribution is -0.0553. The molecule has 1 atom stereocenters. The predicted molar refractivity (Wildman–Crippen MR) is 79.8 cm³/mol. The molecule has 2 rings (SSSR count). The van der Waals surface area contributed by atoms with Gasteiger partial charge in [-0.3, -0.25) is 4.72 Å². The van der Waals surface area contributed by atoms with Crippen molar-refractivity contribution >= 4 is 21.6 Å². The van der Waals surface area contributed by atoms with Gasteiger partial charge in [-0.2, -0.15) is 8.42 Å². The molecule has 1 fully saturated rings. The summed E-state index contributed by atoms with van der Waals surface area (Å²) in [6.07, 6.45) is 1.83. The number of anilines is 2. The van der Waals surface area contributed by atoms with Gasteiger partial charge in [-0.1, -0.05) is 6.07 Å². The van der Waals surface area contributed by atoms with Crippen LogP contribution in [-0.4, -0.2) is 26.7 Å². The SMILES string of the molecule is CC1(C)CC(Nc2cccc(NS(N)(=O)=O)c2)CCO1. The Kier molecular flexibility index (Phi) is 4.22. The number of rotatable bonds is 4. The van der Waals surface area contributed by atoms with Gasteiger partial charge in [-0.15, -0.1) is 0 Å². The topological polar surface area (TPSA) is 93.5 Å². The lowest BCUT2D eigenvalue weighted by Gasteiger charge is -2.36. The van der Waals surface area contributed by atoms with E-state index in [-0.39, 0.29) is 5.60 Å². The Morgan fingerprint density at radius 2 is 2.05 bits per heavy atom. The molecule has 112 valence electrons. The third kappa shape index (κ3) is 4.66. The normalized spacial score (nSPS) is 22.2. The summed E-state index contributed by atoms with van der Waals surface area (Å²) < 4.78 is 30.0. The number of nitrogens with two attached hydrogens (primary N) is 1. The second-order valence-electron chi connectivity index (χ2n) is 5.67. The summed E-state index contributed by atoms with van der Waals surface area (Å²) in [5.41, 5.74) is 1.18. The summed E-state index contributed by atoms with van der Waals surface area (Å²) in [5, 5.41) is 8.37. The number of hydrogen-bond donors (Lipinski definition) is 3. The highest BCUT2D eigenvalue weighted by molar-refractivity contribution is 7.90. The Hall–Kier alpha value is -1.31. The maximum absolute atomic E-state index is 11.0. The molecule has 7 heteroatoms. The maximum atomic E-state index is 11.0. The van der Waals surface area contributed by atoms with E-state index < -0.39 is 10.2 Å². The van der Waals surface area contributed by atoms with Gasteiger partial charge in [-0.05, 0) is 44.9 Å². The molecule has 1 unspecified atom stereocenters. The van der Waals surface area contributed by atoms with Gasteiger partial charge in [0.2, 0.25) is 0 Å². The van der Waals surface area contributed by atoms with Gasteiger partial charge in [0.05, 0.1) is 11.3 Å². The van der Waals surface area contributed by atoms with Crippen LogP contribution in [0.3, 0.4) is 0 Å². The molecule has 1 heterocycles. The molecule has 0 aliphatic carbocycles. The number of hydrogen-bond acceptors (Lipinski definition) is 4. The summed E-state index contributed by atoms with van der Waals surface area (Å²) in [6.45, 7) is 4.86. The molecule has 0 spiro atoms. The zero-order valence-corrected chi connectivity index (χ0v) is 12.5. The van der Waals surface area contributed by atoms with E-state index in [9.17, 15) is 8.42 Å². The minimum absolute atomic E-state index is 0.133. The van der Waals surface area contributed by atoms with E-state index in [0.717, 1.165) is 25.1 Å². The summed E-state index contributed by atoms with van der Waals surface area (Å²) in [7, 11) is -3.74. The fraction of sp³-hybridized carbons (Fsp3) is 0.538. The van der Waals surface area contributed by atoms with E-state index >= 15 is 0 Å². The van der Waals surface area contributed by atoms with Gasteiger partial charge in [0.1, 0.15) is 0 Å². The Bertz CT molecular complexity index is 572. The van der Waals surface area contributed by atoms with Crippen LogP contribution in [0, 0.1) is 0 Å². The fourth-order valence-corrected chi connectivity index (χ4v) is 2.88. The molecule has 1 aliphatic heterocycles. The van der Waals surface area contributed by atoms with Crippen LogP contribution in [0.2, 0.25) is 0 Å². The Morgan fingerprint density at radius 3 is 2.70 bits per heavy atom. The van der Waals surface area contributed by atoms with Crippen molar-refractivity contribution in [3.8, 4) is 0 Å². The van der Waals surface area contributed by atoms with E-state index in [1.54, 1.807) is 18.2 Å². The predicted octanol–water partition coefficient (Wildman–Crippen LogP) is 1.67. The van der Waals surface area contributed by atoms with Gasteiger partial charge >= 0.3 is 0 Å². The molecule has 1 aliphatic rings. The van der Waals surface area contributed by atoms with Crippen molar-refractivity contribution in [2.45, 2.75) is 38.3 Å². The zero-order valence-electron chi connectivity index (χ0n) is 11.7. The molecule has 0 radical (unpaired) electrons. The highest BCUT2D eigenvalue weighted by Gasteiger charge is 2.28. The van der Waals surface area contributed by atoms with E-state index in [0.29, 0.717) is 11.7 Å². The van der Waals surface area contributed by atoms with Gasteiger partial charge in [0.15, 0.2) is 0 Å². The lowest BCUT2D eigenvalue weighted by atomic mass is 9.94. The maximum Gasteiger partial charge on any atom is 0.296 e. The third-order valence-electron chi connectivity index (χ3n) is 3.19. The highest BCUT2D eigenvalue weighted by Crippen LogP contribution is 2.27. The average molecular weight is 299 g/mol. The monoisotopic (exact) mass is 299 g/mol. The molecule has 0 aromatic heterocycles. The van der Waals surface area contributed by atoms with Crippen molar-refractivity contribution in [3.05, 3.63) is 24.3 Å². The molecule has 1 saturated heterocycles. The number of nitrogens with one attached hydrogen (secondary N) is 2. The van der Waals surface area contributed by atoms with E-state index in [1.165, 1.54) is 0 Å². The van der Waals surface area contributed by atoms with Crippen molar-refractivity contribution in [1.29, 1.82) is 0 Å². The van der Waals surface area contributed by atoms with Crippen LogP contribution in [0.15, 0.2) is 24.3 Å². The largest absolute Gasteiger partial charge is 0.382 e. The molecule has 20 heavy (non-hydrogen) atoms. The second-order valence-corrected chi connectivity index (χ2v) is 6.96. The zero-order chi connectivity index (χ0) is 14.8. The molecule has 0 saturated carbocycles. The number of benzene rings is 1. The van der Waals surface area contributed by atoms with Crippen LogP contribution < -0.4 is 15.2 Å². The smallest absolute Gasteiger partial charge is 0.296 e. The number of ether oxygens (including phenoxy) is 1. The summed E-state index contributed by atoms with van der Waals surface area (Å²) >= 11 is 0. The first-order valence-corrected chi connectivity index (χ1v) is 8.09. The first-order valence-electron chi connectivity index (χ1n) is 6.55. The van der Waals surface area contributed by atoms with Gasteiger partial charge in [0, 0.05) is 18.3 Å². The van der Waals surface area contributed by atoms with Gasteiger partial charge in [-0.25, -0.2) is 5.14 Å². The van der Waals surface area contributed by atoms with Crippen LogP contribution in [0.4, 0.5) is 11.4 Å². The second kappa shape index (κ2) is 5.59. The van der Waals surface area contributed by atoms with Crippen molar-refractivity contribution < 1.29 is 13.2 Å². The molecule has 1 aromatic carbocycles. The molecule has 4 N–H and O–H groups in total. The molecule has 0 amide bonds. The van der Waals surface area contributed by atoms with E-state index in [4.69, 9.17) is 9.88 Å². The quantitative estimate of drug-likeness (QED) is 0.788. The van der Waals surface area contributed by atoms with Crippen molar-refractivity contribution in [3.63, 3.8) is 0 Å². The van der Waals surface area contributed by atoms with Gasteiger partial charge in [0.25, 0.3) is 10.2 Å². The molecule has 1 aromatic rings.